The van der Waals surface area contributed by atoms with Crippen molar-refractivity contribution in [2.75, 3.05) is 26.0 Å². The Labute approximate surface area is 221 Å². The molecule has 39 heavy (non-hydrogen) atoms. The number of amides is 5. The van der Waals surface area contributed by atoms with E-state index in [2.05, 4.69) is 5.32 Å². The lowest BCUT2D eigenvalue weighted by atomic mass is 9.94. The van der Waals surface area contributed by atoms with Crippen molar-refractivity contribution < 1.29 is 41.5 Å². The Balaban J connectivity index is 1.56. The summed E-state index contributed by atoms with van der Waals surface area (Å²) in [5, 5.41) is 2.68. The third-order valence-corrected chi connectivity index (χ3v) is 6.84. The average Bonchev–Trinajstić information content (AvgIpc) is 3.34. The SMILES string of the molecule is C[C@H](N(Cc1ccc(F)cc1)C(=O)CN1C(=O)O[C@@]2(CCc3cc(NC(=O)N(C)C)ccc32)C1=O)C(F)(F)F. The molecule has 0 unspecified atom stereocenters. The van der Waals surface area contributed by atoms with Crippen LogP contribution in [0.5, 0.6) is 0 Å². The van der Waals surface area contributed by atoms with Crippen molar-refractivity contribution in [1.29, 1.82) is 0 Å². The second kappa shape index (κ2) is 10.2. The molecular weight excluding hydrogens is 524 g/mol. The van der Waals surface area contributed by atoms with E-state index in [1.165, 1.54) is 29.2 Å². The van der Waals surface area contributed by atoms with Gasteiger partial charge in [-0.05, 0) is 48.7 Å². The first-order valence-corrected chi connectivity index (χ1v) is 12.0. The lowest BCUT2D eigenvalue weighted by molar-refractivity contribution is -0.187. The van der Waals surface area contributed by atoms with Gasteiger partial charge in [0.25, 0.3) is 5.91 Å². The second-order valence-corrected chi connectivity index (χ2v) is 9.65. The van der Waals surface area contributed by atoms with Gasteiger partial charge in [0, 0.05) is 38.3 Å². The summed E-state index contributed by atoms with van der Waals surface area (Å²) in [5.74, 6) is -2.59. The van der Waals surface area contributed by atoms with Crippen molar-refractivity contribution in [2.45, 2.75) is 44.1 Å². The Hall–Kier alpha value is -4.16. The number of carbonyl (C=O) groups is 4. The molecular formula is C26H26F4N4O5. The molecule has 0 aromatic heterocycles. The minimum atomic E-state index is -4.80. The quantitative estimate of drug-likeness (QED) is 0.548. The summed E-state index contributed by atoms with van der Waals surface area (Å²) in [6.07, 6.45) is -5.55. The molecule has 1 spiro atoms. The van der Waals surface area contributed by atoms with Crippen LogP contribution in [-0.4, -0.2) is 71.5 Å². The van der Waals surface area contributed by atoms with E-state index in [1.807, 2.05) is 0 Å². The van der Waals surface area contributed by atoms with E-state index in [0.29, 0.717) is 33.0 Å². The highest BCUT2D eigenvalue weighted by molar-refractivity contribution is 6.06. The maximum absolute atomic E-state index is 13.6. The maximum Gasteiger partial charge on any atom is 0.418 e. The van der Waals surface area contributed by atoms with Gasteiger partial charge >= 0.3 is 18.3 Å². The molecule has 1 N–H and O–H groups in total. The molecule has 1 fully saturated rings. The normalized spacial score (nSPS) is 19.1. The molecule has 1 aliphatic carbocycles. The highest BCUT2D eigenvalue weighted by Crippen LogP contribution is 2.46. The first-order valence-electron chi connectivity index (χ1n) is 12.0. The summed E-state index contributed by atoms with van der Waals surface area (Å²) in [7, 11) is 3.14. The van der Waals surface area contributed by atoms with Crippen molar-refractivity contribution in [3.63, 3.8) is 0 Å². The number of ether oxygens (including phenoxy) is 1. The van der Waals surface area contributed by atoms with Crippen LogP contribution in [0.1, 0.15) is 30.0 Å². The van der Waals surface area contributed by atoms with E-state index < -0.39 is 54.6 Å². The van der Waals surface area contributed by atoms with Gasteiger partial charge in [-0.25, -0.2) is 18.9 Å². The van der Waals surface area contributed by atoms with Gasteiger partial charge in [-0.1, -0.05) is 18.2 Å². The number of alkyl halides is 3. The monoisotopic (exact) mass is 550 g/mol. The highest BCUT2D eigenvalue weighted by atomic mass is 19.4. The molecule has 2 atom stereocenters. The molecule has 2 aliphatic rings. The molecule has 0 radical (unpaired) electrons. The minimum absolute atomic E-state index is 0.0704. The number of urea groups is 1. The topological polar surface area (TPSA) is 99.3 Å². The Kier molecular flexibility index (Phi) is 7.28. The molecule has 1 aliphatic heterocycles. The van der Waals surface area contributed by atoms with E-state index in [1.54, 1.807) is 20.2 Å². The van der Waals surface area contributed by atoms with Gasteiger partial charge in [-0.3, -0.25) is 9.59 Å². The van der Waals surface area contributed by atoms with Gasteiger partial charge in [0.2, 0.25) is 11.5 Å². The average molecular weight is 551 g/mol. The minimum Gasteiger partial charge on any atom is -0.427 e. The number of hydrogen-bond acceptors (Lipinski definition) is 5. The Morgan fingerprint density at radius 1 is 1.13 bits per heavy atom. The lowest BCUT2D eigenvalue weighted by Crippen LogP contribution is -2.51. The number of nitrogens with one attached hydrogen (secondary N) is 1. The van der Waals surface area contributed by atoms with Gasteiger partial charge < -0.3 is 19.9 Å². The number of nitrogens with zero attached hydrogens (tertiary/aromatic N) is 3. The van der Waals surface area contributed by atoms with Crippen LogP contribution < -0.4 is 5.32 Å². The smallest absolute Gasteiger partial charge is 0.418 e. The summed E-state index contributed by atoms with van der Waals surface area (Å²) in [5.41, 5.74) is 0.00389. The van der Waals surface area contributed by atoms with Gasteiger partial charge in [0.15, 0.2) is 0 Å². The lowest BCUT2D eigenvalue weighted by Gasteiger charge is -2.31. The van der Waals surface area contributed by atoms with Crippen molar-refractivity contribution in [1.82, 2.24) is 14.7 Å². The Morgan fingerprint density at radius 2 is 1.79 bits per heavy atom. The fourth-order valence-corrected chi connectivity index (χ4v) is 4.60. The first kappa shape index (κ1) is 27.9. The predicted molar refractivity (Wildman–Crippen MR) is 130 cm³/mol. The van der Waals surface area contributed by atoms with Crippen LogP contribution in [0.4, 0.5) is 32.8 Å². The van der Waals surface area contributed by atoms with Crippen molar-refractivity contribution in [3.8, 4) is 0 Å². The van der Waals surface area contributed by atoms with Gasteiger partial charge in [0.1, 0.15) is 18.4 Å². The zero-order chi connectivity index (χ0) is 28.7. The third-order valence-electron chi connectivity index (χ3n) is 6.84. The molecule has 2 aromatic rings. The zero-order valence-electron chi connectivity index (χ0n) is 21.3. The molecule has 0 saturated carbocycles. The molecule has 9 nitrogen and oxygen atoms in total. The second-order valence-electron chi connectivity index (χ2n) is 9.65. The van der Waals surface area contributed by atoms with Crippen LogP contribution >= 0.6 is 0 Å². The maximum atomic E-state index is 13.6. The number of anilines is 1. The number of aryl methyl sites for hydroxylation is 1. The van der Waals surface area contributed by atoms with E-state index in [9.17, 15) is 36.7 Å². The van der Waals surface area contributed by atoms with E-state index in [0.717, 1.165) is 19.1 Å². The van der Waals surface area contributed by atoms with Crippen LogP contribution in [0, 0.1) is 5.82 Å². The van der Waals surface area contributed by atoms with Crippen molar-refractivity contribution in [2.24, 2.45) is 0 Å². The van der Waals surface area contributed by atoms with Crippen LogP contribution in [-0.2, 0) is 32.9 Å². The molecule has 208 valence electrons. The largest absolute Gasteiger partial charge is 0.427 e. The number of rotatable bonds is 6. The molecule has 2 aromatic carbocycles. The number of benzene rings is 2. The van der Waals surface area contributed by atoms with Gasteiger partial charge in [-0.2, -0.15) is 13.2 Å². The predicted octanol–water partition coefficient (Wildman–Crippen LogP) is 4.02. The van der Waals surface area contributed by atoms with Gasteiger partial charge in [0.05, 0.1) is 0 Å². The summed E-state index contributed by atoms with van der Waals surface area (Å²) in [6.45, 7) is -0.702. The first-order chi connectivity index (χ1) is 18.2. The summed E-state index contributed by atoms with van der Waals surface area (Å²) >= 11 is 0. The van der Waals surface area contributed by atoms with Crippen LogP contribution in [0.15, 0.2) is 42.5 Å². The number of halogens is 4. The van der Waals surface area contributed by atoms with E-state index in [-0.39, 0.29) is 18.0 Å². The summed E-state index contributed by atoms with van der Waals surface area (Å²) in [6, 6.07) is 6.70. The van der Waals surface area contributed by atoms with E-state index >= 15 is 0 Å². The van der Waals surface area contributed by atoms with Crippen LogP contribution in [0.2, 0.25) is 0 Å². The van der Waals surface area contributed by atoms with Crippen LogP contribution in [0.25, 0.3) is 0 Å². The standard InChI is InChI=1S/C26H26F4N4O5/c1-15(26(28,29)30)33(13-16-4-6-18(27)7-5-16)21(35)14-34-22(36)25(39-24(34)38)11-10-17-12-19(8-9-20(17)25)31-23(37)32(2)3/h4-9,12,15H,10-11,13-14H2,1-3H3,(H,31,37)/t15-,25+/m0/s1. The molecule has 5 amide bonds. The fraction of sp³-hybridized carbons (Fsp3) is 0.385. The highest BCUT2D eigenvalue weighted by Gasteiger charge is 2.58. The molecule has 13 heteroatoms. The van der Waals surface area contributed by atoms with Gasteiger partial charge in [-0.15, -0.1) is 0 Å². The molecule has 0 bridgehead atoms. The third kappa shape index (κ3) is 5.38. The Morgan fingerprint density at radius 3 is 2.41 bits per heavy atom. The summed E-state index contributed by atoms with van der Waals surface area (Å²) in [4.78, 5) is 53.6. The van der Waals surface area contributed by atoms with Crippen molar-refractivity contribution >= 4 is 29.6 Å². The fourth-order valence-electron chi connectivity index (χ4n) is 4.60. The summed E-state index contributed by atoms with van der Waals surface area (Å²) < 4.78 is 59.5. The number of fused-ring (bicyclic) bond motifs is 2. The van der Waals surface area contributed by atoms with Crippen LogP contribution in [0.3, 0.4) is 0 Å². The number of imide groups is 1. The molecule has 1 saturated heterocycles. The molecule has 4 rings (SSSR count). The van der Waals surface area contributed by atoms with Crippen molar-refractivity contribution in [3.05, 3.63) is 65.0 Å². The number of hydrogen-bond donors (Lipinski definition) is 1. The molecule has 1 heterocycles. The zero-order valence-corrected chi connectivity index (χ0v) is 21.3. The number of carbonyl (C=O) groups excluding carboxylic acids is 4. The van der Waals surface area contributed by atoms with E-state index in [4.69, 9.17) is 4.74 Å². The Bertz CT molecular complexity index is 1310.